The van der Waals surface area contributed by atoms with E-state index in [4.69, 9.17) is 0 Å². The second kappa shape index (κ2) is 10.3. The van der Waals surface area contributed by atoms with E-state index < -0.39 is 12.6 Å². The van der Waals surface area contributed by atoms with Crippen LogP contribution in [-0.2, 0) is 19.4 Å². The Kier molecular flexibility index (Phi) is 7.11. The number of hydrogen-bond donors (Lipinski definition) is 1. The van der Waals surface area contributed by atoms with Crippen molar-refractivity contribution in [1.82, 2.24) is 24.8 Å². The smallest absolute Gasteiger partial charge is 0.349 e. The minimum absolute atomic E-state index is 0.0152. The van der Waals surface area contributed by atoms with E-state index in [0.29, 0.717) is 16.5 Å². The molecule has 5 rings (SSSR count). The number of thiazole rings is 1. The summed E-state index contributed by atoms with van der Waals surface area (Å²) in [6.07, 6.45) is 4.71. The zero-order valence-corrected chi connectivity index (χ0v) is 20.4. The van der Waals surface area contributed by atoms with Crippen LogP contribution in [0.4, 0.5) is 13.2 Å². The van der Waals surface area contributed by atoms with Gasteiger partial charge in [0.15, 0.2) is 0 Å². The van der Waals surface area contributed by atoms with Crippen LogP contribution in [0, 0.1) is 5.92 Å². The molecule has 2 aliphatic rings. The van der Waals surface area contributed by atoms with Crippen LogP contribution in [-0.4, -0.2) is 50.7 Å². The highest BCUT2D eigenvalue weighted by atomic mass is 32.1. The van der Waals surface area contributed by atoms with Crippen LogP contribution in [0.5, 0.6) is 0 Å². The highest BCUT2D eigenvalue weighted by Crippen LogP contribution is 2.31. The van der Waals surface area contributed by atoms with Gasteiger partial charge in [0.05, 0.1) is 21.8 Å². The highest BCUT2D eigenvalue weighted by molar-refractivity contribution is 7.11. The molecule has 1 fully saturated rings. The summed E-state index contributed by atoms with van der Waals surface area (Å²) in [6.45, 7) is 2.67. The van der Waals surface area contributed by atoms with E-state index in [1.165, 1.54) is 11.3 Å². The average molecular weight is 506 g/mol. The van der Waals surface area contributed by atoms with Crippen LogP contribution >= 0.6 is 11.3 Å². The van der Waals surface area contributed by atoms with Crippen molar-refractivity contribution in [2.75, 3.05) is 13.1 Å². The third-order valence-corrected chi connectivity index (χ3v) is 8.41. The van der Waals surface area contributed by atoms with Gasteiger partial charge in [-0.3, -0.25) is 9.69 Å². The van der Waals surface area contributed by atoms with Crippen LogP contribution in [0.25, 0.3) is 5.52 Å². The fourth-order valence-electron chi connectivity index (χ4n) is 5.21. The van der Waals surface area contributed by atoms with Gasteiger partial charge in [-0.2, -0.15) is 18.3 Å². The molecule has 1 amide bonds. The number of nitrogens with one attached hydrogen (secondary N) is 1. The first-order valence-electron chi connectivity index (χ1n) is 12.3. The summed E-state index contributed by atoms with van der Waals surface area (Å²) in [5.74, 6) is 0.604. The lowest BCUT2D eigenvalue weighted by molar-refractivity contribution is -0.134. The number of rotatable bonds is 7. The molecule has 0 bridgehead atoms. The lowest BCUT2D eigenvalue weighted by Gasteiger charge is -2.32. The van der Waals surface area contributed by atoms with Crippen LogP contribution < -0.4 is 5.32 Å². The summed E-state index contributed by atoms with van der Waals surface area (Å²) < 4.78 is 39.3. The van der Waals surface area contributed by atoms with Crippen molar-refractivity contribution in [3.05, 3.63) is 51.7 Å². The fraction of sp³-hybridized carbons (Fsp3) is 0.560. The molecule has 1 saturated carbocycles. The van der Waals surface area contributed by atoms with Gasteiger partial charge in [-0.05, 0) is 69.2 Å². The number of halogens is 3. The summed E-state index contributed by atoms with van der Waals surface area (Å²) in [6, 6.07) is 5.75. The van der Waals surface area contributed by atoms with Gasteiger partial charge in [0.1, 0.15) is 0 Å². The van der Waals surface area contributed by atoms with E-state index in [9.17, 15) is 18.0 Å². The van der Waals surface area contributed by atoms with Crippen molar-refractivity contribution in [2.24, 2.45) is 5.92 Å². The van der Waals surface area contributed by atoms with Crippen molar-refractivity contribution >= 4 is 22.8 Å². The van der Waals surface area contributed by atoms with Crippen LogP contribution in [0.1, 0.15) is 64.5 Å². The Balaban J connectivity index is 1.05. The second-order valence-electron chi connectivity index (χ2n) is 9.68. The summed E-state index contributed by atoms with van der Waals surface area (Å²) >= 11 is 1.45. The van der Waals surface area contributed by atoms with Crippen molar-refractivity contribution in [2.45, 2.75) is 70.1 Å². The first-order chi connectivity index (χ1) is 16.8. The Bertz CT molecular complexity index is 1170. The Labute approximate surface area is 206 Å². The van der Waals surface area contributed by atoms with E-state index in [1.54, 1.807) is 16.9 Å². The highest BCUT2D eigenvalue weighted by Gasteiger charge is 2.29. The number of hydrogen-bond acceptors (Lipinski definition) is 5. The van der Waals surface area contributed by atoms with E-state index in [2.05, 4.69) is 20.3 Å². The Morgan fingerprint density at radius 2 is 2.03 bits per heavy atom. The van der Waals surface area contributed by atoms with E-state index in [0.717, 1.165) is 74.2 Å². The minimum atomic E-state index is -4.13. The predicted octanol–water partition coefficient (Wildman–Crippen LogP) is 5.02. The van der Waals surface area contributed by atoms with Crippen LogP contribution in [0.15, 0.2) is 30.6 Å². The average Bonchev–Trinajstić information content (AvgIpc) is 3.45. The topological polar surface area (TPSA) is 62.5 Å². The Morgan fingerprint density at radius 1 is 1.20 bits per heavy atom. The second-order valence-corrected chi connectivity index (χ2v) is 10.8. The fourth-order valence-corrected chi connectivity index (χ4v) is 6.28. The molecule has 0 aromatic carbocycles. The molecular formula is C25H30F3N5OS. The molecule has 0 unspecified atom stereocenters. The molecule has 0 radical (unpaired) electrons. The zero-order chi connectivity index (χ0) is 24.4. The largest absolute Gasteiger partial charge is 0.389 e. The number of nitrogens with zero attached hydrogens (tertiary/aromatic N) is 4. The van der Waals surface area contributed by atoms with Gasteiger partial charge in [-0.15, -0.1) is 11.3 Å². The van der Waals surface area contributed by atoms with Gasteiger partial charge in [-0.1, -0.05) is 0 Å². The van der Waals surface area contributed by atoms with E-state index in [-0.39, 0.29) is 18.4 Å². The lowest BCUT2D eigenvalue weighted by Crippen LogP contribution is -2.38. The predicted molar refractivity (Wildman–Crippen MR) is 128 cm³/mol. The number of aromatic nitrogens is 3. The van der Waals surface area contributed by atoms with Crippen LogP contribution in [0.3, 0.4) is 0 Å². The van der Waals surface area contributed by atoms with Gasteiger partial charge in [0.25, 0.3) is 5.91 Å². The molecule has 0 spiro atoms. The molecule has 3 aromatic heterocycles. The third kappa shape index (κ3) is 6.03. The van der Waals surface area contributed by atoms with Gasteiger partial charge in [-0.25, -0.2) is 9.50 Å². The molecule has 188 valence electrons. The number of alkyl halides is 3. The molecule has 1 aliphatic heterocycles. The zero-order valence-electron chi connectivity index (χ0n) is 19.6. The van der Waals surface area contributed by atoms with Gasteiger partial charge < -0.3 is 5.32 Å². The van der Waals surface area contributed by atoms with Gasteiger partial charge >= 0.3 is 6.18 Å². The lowest BCUT2D eigenvalue weighted by atomic mass is 9.84. The SMILES string of the molecule is O=C(NC1CCC(CCN2CCc3sc(CCC(F)(F)F)nc3C2)CC1)c1ccn2ncccc12. The molecule has 1 N–H and O–H groups in total. The molecule has 35 heavy (non-hydrogen) atoms. The number of fused-ring (bicyclic) bond motifs is 2. The molecule has 6 nitrogen and oxygen atoms in total. The maximum atomic E-state index is 12.8. The normalized spacial score (nSPS) is 21.2. The standard InChI is InChI=1S/C25H30F3N5OS/c26-25(27,28)11-7-23-31-20-16-32(14-10-22(20)35-23)13-8-17-3-5-18(6-4-17)30-24(34)19-9-15-33-21(19)2-1-12-29-33/h1-2,9,12,15,17-18H,3-8,10-11,13-14,16H2,(H,30,34). The van der Waals surface area contributed by atoms with Gasteiger partial charge in [0.2, 0.25) is 0 Å². The number of carbonyl (C=O) groups is 1. The van der Waals surface area contributed by atoms with Crippen molar-refractivity contribution in [3.63, 3.8) is 0 Å². The molecule has 3 aromatic rings. The van der Waals surface area contributed by atoms with Gasteiger partial charge in [0, 0.05) is 49.2 Å². The number of aryl methyl sites for hydroxylation is 1. The summed E-state index contributed by atoms with van der Waals surface area (Å²) in [7, 11) is 0. The molecule has 0 saturated heterocycles. The summed E-state index contributed by atoms with van der Waals surface area (Å²) in [5, 5.41) is 8.03. The third-order valence-electron chi connectivity index (χ3n) is 7.19. The molecule has 10 heteroatoms. The molecule has 0 atom stereocenters. The Hall–Kier alpha value is -2.46. The summed E-state index contributed by atoms with van der Waals surface area (Å²) in [4.78, 5) is 20.8. The first-order valence-corrected chi connectivity index (χ1v) is 13.2. The maximum absolute atomic E-state index is 12.8. The van der Waals surface area contributed by atoms with Crippen molar-refractivity contribution in [3.8, 4) is 0 Å². The number of carbonyl (C=O) groups excluding carboxylic acids is 1. The van der Waals surface area contributed by atoms with Crippen LogP contribution in [0.2, 0.25) is 0 Å². The molecule has 1 aliphatic carbocycles. The minimum Gasteiger partial charge on any atom is -0.349 e. The van der Waals surface area contributed by atoms with Crippen molar-refractivity contribution in [1.29, 1.82) is 0 Å². The monoisotopic (exact) mass is 505 g/mol. The quantitative estimate of drug-likeness (QED) is 0.490. The number of amides is 1. The molecule has 4 heterocycles. The van der Waals surface area contributed by atoms with Crippen molar-refractivity contribution < 1.29 is 18.0 Å². The van der Waals surface area contributed by atoms with E-state index in [1.807, 2.05) is 18.2 Å². The maximum Gasteiger partial charge on any atom is 0.389 e. The Morgan fingerprint density at radius 3 is 2.83 bits per heavy atom. The summed E-state index contributed by atoms with van der Waals surface area (Å²) in [5.41, 5.74) is 2.45. The van der Waals surface area contributed by atoms with E-state index >= 15 is 0 Å². The molecular weight excluding hydrogens is 475 g/mol. The first kappa shape index (κ1) is 24.2.